The number of benzene rings is 1. The van der Waals surface area contributed by atoms with E-state index in [4.69, 9.17) is 9.68 Å². The molecule has 0 saturated heterocycles. The second-order valence-electron chi connectivity index (χ2n) is 3.74. The van der Waals surface area contributed by atoms with E-state index in [1.54, 1.807) is 31.2 Å². The van der Waals surface area contributed by atoms with E-state index in [-0.39, 0.29) is 11.2 Å². The Bertz CT molecular complexity index is 605. The lowest BCUT2D eigenvalue weighted by Gasteiger charge is -2.10. The second-order valence-corrected chi connectivity index (χ2v) is 5.03. The number of carbonyl (C=O) groups excluding carboxylic acids is 1. The van der Waals surface area contributed by atoms with Gasteiger partial charge in [0.1, 0.15) is 6.26 Å². The Morgan fingerprint density at radius 2 is 2.42 bits per heavy atom. The van der Waals surface area contributed by atoms with Gasteiger partial charge in [0.2, 0.25) is 5.91 Å². The summed E-state index contributed by atoms with van der Waals surface area (Å²) < 4.78 is 5.07. The van der Waals surface area contributed by atoms with Crippen LogP contribution in [0.1, 0.15) is 12.5 Å². The molecule has 2 aromatic rings. The van der Waals surface area contributed by atoms with E-state index < -0.39 is 0 Å². The van der Waals surface area contributed by atoms with E-state index in [2.05, 4.69) is 10.3 Å². The monoisotopic (exact) mass is 273 g/mol. The molecule has 1 aromatic carbocycles. The quantitative estimate of drug-likeness (QED) is 0.866. The molecule has 96 valence electrons. The lowest BCUT2D eigenvalue weighted by Crippen LogP contribution is -2.22. The molecule has 0 radical (unpaired) electrons. The maximum Gasteiger partial charge on any atom is 0.256 e. The van der Waals surface area contributed by atoms with E-state index in [1.165, 1.54) is 24.2 Å². The third kappa shape index (κ3) is 3.60. The van der Waals surface area contributed by atoms with Crippen molar-refractivity contribution in [2.75, 3.05) is 5.32 Å². The fourth-order valence-corrected chi connectivity index (χ4v) is 2.08. The highest BCUT2D eigenvalue weighted by molar-refractivity contribution is 8.00. The lowest BCUT2D eigenvalue weighted by molar-refractivity contribution is -0.115. The van der Waals surface area contributed by atoms with Gasteiger partial charge in [-0.25, -0.2) is 4.98 Å². The molecule has 1 amide bonds. The maximum atomic E-state index is 12.0. The Morgan fingerprint density at radius 1 is 1.58 bits per heavy atom. The molecule has 0 saturated carbocycles. The highest BCUT2D eigenvalue weighted by Crippen LogP contribution is 2.22. The number of nitrogens with one attached hydrogen (secondary N) is 1. The minimum absolute atomic E-state index is 0.168. The Balaban J connectivity index is 1.98. The van der Waals surface area contributed by atoms with E-state index in [0.717, 1.165) is 0 Å². The van der Waals surface area contributed by atoms with Crippen molar-refractivity contribution in [1.82, 2.24) is 4.98 Å². The number of carbonyl (C=O) groups is 1. The molecule has 5 nitrogen and oxygen atoms in total. The first kappa shape index (κ1) is 13.2. The molecular formula is C13H11N3O2S. The summed E-state index contributed by atoms with van der Waals surface area (Å²) in [6.07, 6.45) is 2.99. The summed E-state index contributed by atoms with van der Waals surface area (Å²) in [6, 6.07) is 8.79. The van der Waals surface area contributed by atoms with Gasteiger partial charge in [-0.1, -0.05) is 17.8 Å². The van der Waals surface area contributed by atoms with Gasteiger partial charge in [-0.2, -0.15) is 5.26 Å². The van der Waals surface area contributed by atoms with Crippen LogP contribution in [0.4, 0.5) is 5.69 Å². The van der Waals surface area contributed by atoms with Gasteiger partial charge < -0.3 is 9.73 Å². The number of oxazole rings is 1. The topological polar surface area (TPSA) is 78.9 Å². The van der Waals surface area contributed by atoms with Gasteiger partial charge >= 0.3 is 0 Å². The Kier molecular flexibility index (Phi) is 4.21. The minimum atomic E-state index is -0.343. The third-order valence-electron chi connectivity index (χ3n) is 2.32. The molecule has 1 heterocycles. The van der Waals surface area contributed by atoms with Crippen LogP contribution in [-0.2, 0) is 4.79 Å². The number of nitriles is 1. The number of thioether (sulfide) groups is 1. The van der Waals surface area contributed by atoms with Crippen LogP contribution in [0.5, 0.6) is 0 Å². The van der Waals surface area contributed by atoms with Gasteiger partial charge in [0, 0.05) is 5.69 Å². The summed E-state index contributed by atoms with van der Waals surface area (Å²) in [4.78, 5) is 15.9. The number of aromatic nitrogens is 1. The van der Waals surface area contributed by atoms with Crippen LogP contribution >= 0.6 is 11.8 Å². The Hall–Kier alpha value is -2.26. The summed E-state index contributed by atoms with van der Waals surface area (Å²) in [7, 11) is 0. The van der Waals surface area contributed by atoms with Gasteiger partial charge in [0.25, 0.3) is 5.22 Å². The fraction of sp³-hybridized carbons (Fsp3) is 0.154. The zero-order valence-corrected chi connectivity index (χ0v) is 11.0. The SMILES string of the molecule is CC(Sc1ncco1)C(=O)Nc1cccc(C#N)c1. The van der Waals surface area contributed by atoms with Crippen LogP contribution in [0.25, 0.3) is 0 Å². The van der Waals surface area contributed by atoms with Crippen LogP contribution in [-0.4, -0.2) is 16.1 Å². The van der Waals surface area contributed by atoms with Gasteiger partial charge in [0.15, 0.2) is 0 Å². The van der Waals surface area contributed by atoms with Crippen molar-refractivity contribution in [1.29, 1.82) is 5.26 Å². The molecule has 1 aromatic heterocycles. The molecule has 0 aliphatic rings. The average molecular weight is 273 g/mol. The van der Waals surface area contributed by atoms with E-state index >= 15 is 0 Å². The van der Waals surface area contributed by atoms with Crippen molar-refractivity contribution >= 4 is 23.4 Å². The molecule has 2 rings (SSSR count). The van der Waals surface area contributed by atoms with E-state index in [1.807, 2.05) is 6.07 Å². The fourth-order valence-electron chi connectivity index (χ4n) is 1.38. The molecule has 1 atom stereocenters. The third-order valence-corrected chi connectivity index (χ3v) is 3.29. The average Bonchev–Trinajstić information content (AvgIpc) is 2.91. The first-order valence-corrected chi connectivity index (χ1v) is 6.44. The van der Waals surface area contributed by atoms with Crippen molar-refractivity contribution < 1.29 is 9.21 Å². The largest absolute Gasteiger partial charge is 0.440 e. The molecule has 0 aliphatic carbocycles. The van der Waals surface area contributed by atoms with Gasteiger partial charge in [-0.3, -0.25) is 4.79 Å². The van der Waals surface area contributed by atoms with Crippen LogP contribution in [0.3, 0.4) is 0 Å². The van der Waals surface area contributed by atoms with Crippen LogP contribution < -0.4 is 5.32 Å². The van der Waals surface area contributed by atoms with Gasteiger partial charge in [-0.15, -0.1) is 0 Å². The van der Waals surface area contributed by atoms with Crippen LogP contribution in [0, 0.1) is 11.3 Å². The van der Waals surface area contributed by atoms with Gasteiger partial charge in [0.05, 0.1) is 23.1 Å². The first-order chi connectivity index (χ1) is 9.19. The van der Waals surface area contributed by atoms with E-state index in [0.29, 0.717) is 16.5 Å². The molecule has 1 unspecified atom stereocenters. The molecule has 6 heteroatoms. The second kappa shape index (κ2) is 6.07. The maximum absolute atomic E-state index is 12.0. The highest BCUT2D eigenvalue weighted by atomic mass is 32.2. The number of anilines is 1. The van der Waals surface area contributed by atoms with Crippen molar-refractivity contribution in [3.05, 3.63) is 42.3 Å². The van der Waals surface area contributed by atoms with Crippen molar-refractivity contribution in [2.24, 2.45) is 0 Å². The van der Waals surface area contributed by atoms with Crippen molar-refractivity contribution in [2.45, 2.75) is 17.4 Å². The van der Waals surface area contributed by atoms with Gasteiger partial charge in [-0.05, 0) is 25.1 Å². The number of nitrogens with zero attached hydrogens (tertiary/aromatic N) is 2. The van der Waals surface area contributed by atoms with Crippen LogP contribution in [0.15, 0.2) is 46.4 Å². The predicted molar refractivity (Wildman–Crippen MR) is 71.6 cm³/mol. The van der Waals surface area contributed by atoms with E-state index in [9.17, 15) is 4.79 Å². The number of hydrogen-bond acceptors (Lipinski definition) is 5. The molecule has 19 heavy (non-hydrogen) atoms. The first-order valence-electron chi connectivity index (χ1n) is 5.56. The van der Waals surface area contributed by atoms with Crippen LogP contribution in [0.2, 0.25) is 0 Å². The molecule has 1 N–H and O–H groups in total. The molecule has 0 aliphatic heterocycles. The summed E-state index contributed by atoms with van der Waals surface area (Å²) in [5.74, 6) is -0.168. The Morgan fingerprint density at radius 3 is 3.11 bits per heavy atom. The number of rotatable bonds is 4. The molecule has 0 fully saturated rings. The summed E-state index contributed by atoms with van der Waals surface area (Å²) >= 11 is 1.23. The highest BCUT2D eigenvalue weighted by Gasteiger charge is 2.16. The standard InChI is InChI=1S/C13H11N3O2S/c1-9(19-13-15-5-6-18-13)12(17)16-11-4-2-3-10(7-11)8-14/h2-7,9H,1H3,(H,16,17). The number of hydrogen-bond donors (Lipinski definition) is 1. The van der Waals surface area contributed by atoms with Crippen molar-refractivity contribution in [3.8, 4) is 6.07 Å². The normalized spacial score (nSPS) is 11.6. The smallest absolute Gasteiger partial charge is 0.256 e. The van der Waals surface area contributed by atoms with Crippen molar-refractivity contribution in [3.63, 3.8) is 0 Å². The predicted octanol–water partition coefficient (Wildman–Crippen LogP) is 2.67. The summed E-state index contributed by atoms with van der Waals surface area (Å²) in [5, 5.41) is 11.6. The minimum Gasteiger partial charge on any atom is -0.440 e. The molecule has 0 spiro atoms. The number of amides is 1. The molecular weight excluding hydrogens is 262 g/mol. The summed E-state index contributed by atoms with van der Waals surface area (Å²) in [5.41, 5.74) is 1.11. The zero-order valence-electron chi connectivity index (χ0n) is 10.2. The molecule has 0 bridgehead atoms. The zero-order chi connectivity index (χ0) is 13.7. The summed E-state index contributed by atoms with van der Waals surface area (Å²) in [6.45, 7) is 1.76. The lowest BCUT2D eigenvalue weighted by atomic mass is 10.2. The Labute approximate surface area is 114 Å².